The number of fused-ring (bicyclic) bond motifs is 2. The number of nitrogens with zero attached hydrogens (tertiary/aromatic N) is 3. The maximum Gasteiger partial charge on any atom is 0.247 e. The Bertz CT molecular complexity index is 1090. The van der Waals surface area contributed by atoms with Crippen LogP contribution in [0, 0.1) is 24.1 Å². The third-order valence-corrected chi connectivity index (χ3v) is 5.48. The quantitative estimate of drug-likeness (QED) is 0.682. The minimum Gasteiger partial charge on any atom is -0.334 e. The Morgan fingerprint density at radius 2 is 2.07 bits per heavy atom. The first kappa shape index (κ1) is 17.3. The number of benzene rings is 2. The molecule has 2 aromatic carbocycles. The van der Waals surface area contributed by atoms with E-state index in [9.17, 15) is 14.4 Å². The molecule has 136 valence electrons. The first-order valence-corrected chi connectivity index (χ1v) is 9.09. The number of amides is 1. The van der Waals surface area contributed by atoms with Crippen LogP contribution in [-0.4, -0.2) is 16.5 Å². The van der Waals surface area contributed by atoms with Gasteiger partial charge in [0.05, 0.1) is 11.1 Å². The number of anilines is 1. The molecule has 0 N–H and O–H groups in total. The van der Waals surface area contributed by atoms with Gasteiger partial charge in [0, 0.05) is 22.8 Å². The maximum absolute atomic E-state index is 13.6. The van der Waals surface area contributed by atoms with E-state index in [1.165, 1.54) is 12.1 Å². The molecule has 1 aromatic heterocycles. The second kappa shape index (κ2) is 6.55. The number of hydrogen-bond donors (Lipinski definition) is 0. The lowest BCUT2D eigenvalue weighted by Gasteiger charge is -2.35. The summed E-state index contributed by atoms with van der Waals surface area (Å²) in [6.45, 7) is 4.04. The normalized spacial score (nSPS) is 16.2. The van der Waals surface area contributed by atoms with Crippen LogP contribution < -0.4 is 4.90 Å². The van der Waals surface area contributed by atoms with E-state index in [0.717, 1.165) is 40.7 Å². The number of aryl methyl sites for hydroxylation is 1. The van der Waals surface area contributed by atoms with Crippen molar-refractivity contribution in [2.75, 3.05) is 4.90 Å². The van der Waals surface area contributed by atoms with Crippen LogP contribution in [0.2, 0.25) is 0 Å². The molecule has 1 amide bonds. The summed E-state index contributed by atoms with van der Waals surface area (Å²) in [7, 11) is 0. The molecule has 1 aliphatic rings. The Hall–Kier alpha value is -3.13. The summed E-state index contributed by atoms with van der Waals surface area (Å²) in [5.41, 5.74) is 3.93. The summed E-state index contributed by atoms with van der Waals surface area (Å²) in [5.74, 6) is -0.329. The predicted molar refractivity (Wildman–Crippen MR) is 103 cm³/mol. The van der Waals surface area contributed by atoms with Gasteiger partial charge in [0.15, 0.2) is 0 Å². The zero-order valence-corrected chi connectivity index (χ0v) is 15.4. The fourth-order valence-electron chi connectivity index (χ4n) is 4.09. The number of hydrogen-bond acceptors (Lipinski definition) is 2. The summed E-state index contributed by atoms with van der Waals surface area (Å²) >= 11 is 0. The SMILES string of the molecule is Cc1c(C#N)c2ccccc2n1CC(=O)N1c2ccc(F)cc2CC[C@H]1C. The van der Waals surface area contributed by atoms with E-state index in [-0.39, 0.29) is 24.3 Å². The highest BCUT2D eigenvalue weighted by molar-refractivity contribution is 5.97. The molecule has 0 fully saturated rings. The third kappa shape index (κ3) is 2.78. The van der Waals surface area contributed by atoms with Crippen LogP contribution in [-0.2, 0) is 17.8 Å². The molecule has 0 saturated carbocycles. The van der Waals surface area contributed by atoms with Gasteiger partial charge in [-0.15, -0.1) is 0 Å². The molecular formula is C22H20FN3O. The Morgan fingerprint density at radius 3 is 2.85 bits per heavy atom. The molecular weight excluding hydrogens is 341 g/mol. The molecule has 0 aliphatic carbocycles. The Balaban J connectivity index is 1.75. The van der Waals surface area contributed by atoms with Gasteiger partial charge in [-0.25, -0.2) is 4.39 Å². The lowest BCUT2D eigenvalue weighted by atomic mass is 9.96. The largest absolute Gasteiger partial charge is 0.334 e. The highest BCUT2D eigenvalue weighted by Crippen LogP contribution is 2.32. The van der Waals surface area contributed by atoms with Gasteiger partial charge in [0.2, 0.25) is 5.91 Å². The van der Waals surface area contributed by atoms with Crippen LogP contribution in [0.25, 0.3) is 10.9 Å². The van der Waals surface area contributed by atoms with Crippen molar-refractivity contribution in [2.24, 2.45) is 0 Å². The van der Waals surface area contributed by atoms with Crippen LogP contribution in [0.15, 0.2) is 42.5 Å². The average Bonchev–Trinajstić information content (AvgIpc) is 2.93. The van der Waals surface area contributed by atoms with Crippen LogP contribution in [0.4, 0.5) is 10.1 Å². The van der Waals surface area contributed by atoms with Crippen LogP contribution in [0.1, 0.15) is 30.2 Å². The van der Waals surface area contributed by atoms with E-state index in [0.29, 0.717) is 5.56 Å². The molecule has 0 saturated heterocycles. The molecule has 4 nitrogen and oxygen atoms in total. The highest BCUT2D eigenvalue weighted by Gasteiger charge is 2.29. The number of rotatable bonds is 2. The van der Waals surface area contributed by atoms with Crippen LogP contribution >= 0.6 is 0 Å². The standard InChI is InChI=1S/C22H20FN3O/c1-14-7-8-16-11-17(23)9-10-20(16)26(14)22(27)13-25-15(2)19(12-24)18-5-3-4-6-21(18)25/h3-6,9-11,14H,7-8,13H2,1-2H3/t14-/m1/s1. The first-order chi connectivity index (χ1) is 13.0. The van der Waals surface area contributed by atoms with E-state index in [2.05, 4.69) is 6.07 Å². The fraction of sp³-hybridized carbons (Fsp3) is 0.273. The van der Waals surface area contributed by atoms with Crippen molar-refractivity contribution in [3.63, 3.8) is 0 Å². The van der Waals surface area contributed by atoms with Crippen molar-refractivity contribution >= 4 is 22.5 Å². The lowest BCUT2D eigenvalue weighted by molar-refractivity contribution is -0.119. The van der Waals surface area contributed by atoms with Gasteiger partial charge in [0.1, 0.15) is 18.4 Å². The molecule has 0 spiro atoms. The maximum atomic E-state index is 13.6. The van der Waals surface area contributed by atoms with Gasteiger partial charge >= 0.3 is 0 Å². The number of nitriles is 1. The van der Waals surface area contributed by atoms with E-state index in [1.807, 2.05) is 42.7 Å². The third-order valence-electron chi connectivity index (χ3n) is 5.48. The number of para-hydroxylation sites is 1. The minimum absolute atomic E-state index is 0.0491. The molecule has 0 bridgehead atoms. The van der Waals surface area contributed by atoms with Gasteiger partial charge in [-0.1, -0.05) is 18.2 Å². The van der Waals surface area contributed by atoms with Crippen molar-refractivity contribution in [3.8, 4) is 6.07 Å². The summed E-state index contributed by atoms with van der Waals surface area (Å²) < 4.78 is 15.5. The van der Waals surface area contributed by atoms with Crippen molar-refractivity contribution in [3.05, 3.63) is 65.1 Å². The molecule has 5 heteroatoms. The van der Waals surface area contributed by atoms with Crippen LogP contribution in [0.5, 0.6) is 0 Å². The van der Waals surface area contributed by atoms with E-state index < -0.39 is 0 Å². The zero-order valence-electron chi connectivity index (χ0n) is 15.4. The number of carbonyl (C=O) groups is 1. The second-order valence-electron chi connectivity index (χ2n) is 7.10. The van der Waals surface area contributed by atoms with E-state index >= 15 is 0 Å². The Kier molecular flexibility index (Phi) is 4.19. The average molecular weight is 361 g/mol. The summed E-state index contributed by atoms with van der Waals surface area (Å²) in [5, 5.41) is 10.4. The zero-order chi connectivity index (χ0) is 19.1. The molecule has 1 atom stereocenters. The second-order valence-corrected chi connectivity index (χ2v) is 7.10. The number of aromatic nitrogens is 1. The van der Waals surface area contributed by atoms with Gasteiger partial charge < -0.3 is 9.47 Å². The molecule has 1 aliphatic heterocycles. The monoisotopic (exact) mass is 361 g/mol. The molecule has 2 heterocycles. The summed E-state index contributed by atoms with van der Waals surface area (Å²) in [6, 6.07) is 14.6. The summed E-state index contributed by atoms with van der Waals surface area (Å²) in [6.07, 6.45) is 1.57. The summed E-state index contributed by atoms with van der Waals surface area (Å²) in [4.78, 5) is 15.0. The topological polar surface area (TPSA) is 49.0 Å². The van der Waals surface area contributed by atoms with E-state index in [1.54, 1.807) is 11.0 Å². The van der Waals surface area contributed by atoms with Crippen molar-refractivity contribution in [1.29, 1.82) is 5.26 Å². The Labute approximate surface area is 157 Å². The molecule has 27 heavy (non-hydrogen) atoms. The van der Waals surface area contributed by atoms with Crippen LogP contribution in [0.3, 0.4) is 0 Å². The minimum atomic E-state index is -0.276. The fourth-order valence-corrected chi connectivity index (χ4v) is 4.09. The van der Waals surface area contributed by atoms with Crippen molar-refractivity contribution in [1.82, 2.24) is 4.57 Å². The molecule has 0 radical (unpaired) electrons. The van der Waals surface area contributed by atoms with Gasteiger partial charge in [-0.3, -0.25) is 4.79 Å². The van der Waals surface area contributed by atoms with Crippen molar-refractivity contribution < 1.29 is 9.18 Å². The number of carbonyl (C=O) groups excluding carboxylic acids is 1. The molecule has 4 rings (SSSR count). The Morgan fingerprint density at radius 1 is 1.30 bits per heavy atom. The van der Waals surface area contributed by atoms with Gasteiger partial charge in [-0.2, -0.15) is 5.26 Å². The molecule has 3 aromatic rings. The highest BCUT2D eigenvalue weighted by atomic mass is 19.1. The number of halogens is 1. The van der Waals surface area contributed by atoms with E-state index in [4.69, 9.17) is 0 Å². The lowest BCUT2D eigenvalue weighted by Crippen LogP contribution is -2.43. The smallest absolute Gasteiger partial charge is 0.247 e. The predicted octanol–water partition coefficient (Wildman–Crippen LogP) is 4.33. The van der Waals surface area contributed by atoms with Gasteiger partial charge in [0.25, 0.3) is 0 Å². The first-order valence-electron chi connectivity index (χ1n) is 9.09. The molecule has 0 unspecified atom stereocenters. The van der Waals surface area contributed by atoms with Gasteiger partial charge in [-0.05, 0) is 56.5 Å². The van der Waals surface area contributed by atoms with Crippen molar-refractivity contribution in [2.45, 2.75) is 39.3 Å².